The number of pyridine rings is 1. The van der Waals surface area contributed by atoms with E-state index in [2.05, 4.69) is 0 Å². The number of halogens is 2. The Morgan fingerprint density at radius 2 is 2.00 bits per heavy atom. The smallest absolute Gasteiger partial charge is 0.338 e. The molecule has 4 rings (SSSR count). The second-order valence-corrected chi connectivity index (χ2v) is 6.37. The lowest BCUT2D eigenvalue weighted by atomic mass is 9.98. The van der Waals surface area contributed by atoms with Crippen LogP contribution in [-0.2, 0) is 4.74 Å². The minimum Gasteiger partial charge on any atom is -0.486 e. The van der Waals surface area contributed by atoms with Crippen LogP contribution in [0.15, 0.2) is 41.3 Å². The molecule has 0 fully saturated rings. The molecule has 0 bridgehead atoms. The van der Waals surface area contributed by atoms with Gasteiger partial charge in [-0.25, -0.2) is 9.18 Å². The Bertz CT molecular complexity index is 1150. The number of hydrogen-bond donors (Lipinski definition) is 0. The fourth-order valence-corrected chi connectivity index (χ4v) is 3.39. The molecule has 138 valence electrons. The van der Waals surface area contributed by atoms with Gasteiger partial charge in [0.05, 0.1) is 29.6 Å². The first-order valence-electron chi connectivity index (χ1n) is 8.31. The van der Waals surface area contributed by atoms with Gasteiger partial charge in [0.25, 0.3) is 0 Å². The number of carbonyl (C=O) groups excluding carboxylic acids is 1. The van der Waals surface area contributed by atoms with Gasteiger partial charge in [0.1, 0.15) is 6.61 Å². The van der Waals surface area contributed by atoms with Crippen LogP contribution < -0.4 is 10.2 Å². The molecule has 1 atom stereocenters. The van der Waals surface area contributed by atoms with Crippen molar-refractivity contribution in [3.8, 4) is 16.9 Å². The van der Waals surface area contributed by atoms with Gasteiger partial charge in [-0.2, -0.15) is 4.39 Å². The average Bonchev–Trinajstić information content (AvgIpc) is 2.68. The third kappa shape index (κ3) is 2.50. The molecule has 1 aliphatic rings. The first-order valence-corrected chi connectivity index (χ1v) is 8.31. The van der Waals surface area contributed by atoms with E-state index in [0.29, 0.717) is 5.56 Å². The molecule has 2 aromatic carbocycles. The van der Waals surface area contributed by atoms with Crippen LogP contribution in [-0.4, -0.2) is 24.3 Å². The van der Waals surface area contributed by atoms with Crippen molar-refractivity contribution < 1.29 is 23.0 Å². The highest BCUT2D eigenvalue weighted by Crippen LogP contribution is 2.36. The summed E-state index contributed by atoms with van der Waals surface area (Å²) in [4.78, 5) is 25.2. The summed E-state index contributed by atoms with van der Waals surface area (Å²) < 4.78 is 40.0. The lowest BCUT2D eigenvalue weighted by molar-refractivity contribution is 0.0601. The van der Waals surface area contributed by atoms with Crippen molar-refractivity contribution in [1.29, 1.82) is 0 Å². The second kappa shape index (κ2) is 6.19. The molecule has 7 heteroatoms. The van der Waals surface area contributed by atoms with E-state index in [1.54, 1.807) is 35.0 Å². The number of hydrogen-bond acceptors (Lipinski definition) is 4. The molecule has 0 radical (unpaired) electrons. The van der Waals surface area contributed by atoms with Crippen molar-refractivity contribution in [2.45, 2.75) is 13.0 Å². The zero-order valence-corrected chi connectivity index (χ0v) is 14.6. The van der Waals surface area contributed by atoms with Gasteiger partial charge in [-0.3, -0.25) is 4.79 Å². The van der Waals surface area contributed by atoms with E-state index in [1.807, 2.05) is 6.92 Å². The van der Waals surface area contributed by atoms with Crippen LogP contribution in [0.1, 0.15) is 23.3 Å². The highest BCUT2D eigenvalue weighted by atomic mass is 19.2. The highest BCUT2D eigenvalue weighted by molar-refractivity contribution is 5.98. The number of rotatable bonds is 2. The third-order valence-electron chi connectivity index (χ3n) is 4.73. The number of carbonyl (C=O) groups is 1. The molecular weight excluding hydrogens is 356 g/mol. The van der Waals surface area contributed by atoms with Crippen molar-refractivity contribution >= 4 is 16.9 Å². The van der Waals surface area contributed by atoms with E-state index in [-0.39, 0.29) is 40.4 Å². The summed E-state index contributed by atoms with van der Waals surface area (Å²) in [5, 5.41) is -0.00683. The van der Waals surface area contributed by atoms with Crippen LogP contribution in [0.5, 0.6) is 5.75 Å². The van der Waals surface area contributed by atoms with Gasteiger partial charge in [0, 0.05) is 17.3 Å². The fourth-order valence-electron chi connectivity index (χ4n) is 3.39. The maximum atomic E-state index is 14.2. The molecular formula is C20H15F2NO4. The van der Waals surface area contributed by atoms with Crippen molar-refractivity contribution in [3.63, 3.8) is 0 Å². The van der Waals surface area contributed by atoms with E-state index in [9.17, 15) is 18.4 Å². The predicted octanol–water partition coefficient (Wildman–Crippen LogP) is 3.69. The molecule has 0 N–H and O–H groups in total. The standard InChI is InChI=1S/C20H15F2NO4/c1-10-9-27-19-16(22)15(21)7-13-17(19)23(10)8-14(18(13)24)11-5-3-4-6-12(11)20(25)26-2/h3-8,10H,9H2,1-2H3/t10-/m0/s1. The third-order valence-corrected chi connectivity index (χ3v) is 4.73. The normalized spacial score (nSPS) is 15.5. The summed E-state index contributed by atoms with van der Waals surface area (Å²) in [6.07, 6.45) is 1.56. The van der Waals surface area contributed by atoms with E-state index >= 15 is 0 Å². The number of nitrogens with zero attached hydrogens (tertiary/aromatic N) is 1. The molecule has 0 saturated heterocycles. The lowest BCUT2D eigenvalue weighted by Crippen LogP contribution is -2.25. The Kier molecular flexibility index (Phi) is 3.95. The summed E-state index contributed by atoms with van der Waals surface area (Å²) >= 11 is 0. The van der Waals surface area contributed by atoms with Gasteiger partial charge in [0.2, 0.25) is 5.82 Å². The van der Waals surface area contributed by atoms with E-state index in [0.717, 1.165) is 6.07 Å². The van der Waals surface area contributed by atoms with Crippen LogP contribution in [0.3, 0.4) is 0 Å². The summed E-state index contributed by atoms with van der Waals surface area (Å²) in [5.74, 6) is -3.14. The molecule has 27 heavy (non-hydrogen) atoms. The first kappa shape index (κ1) is 17.2. The van der Waals surface area contributed by atoms with Crippen LogP contribution in [0.4, 0.5) is 8.78 Å². The van der Waals surface area contributed by atoms with Gasteiger partial charge in [0.15, 0.2) is 17.0 Å². The maximum absolute atomic E-state index is 14.2. The molecule has 1 aromatic heterocycles. The van der Waals surface area contributed by atoms with Crippen molar-refractivity contribution in [2.24, 2.45) is 0 Å². The summed E-state index contributed by atoms with van der Waals surface area (Å²) in [7, 11) is 1.25. The molecule has 0 unspecified atom stereocenters. The molecule has 0 saturated carbocycles. The molecule has 3 aromatic rings. The van der Waals surface area contributed by atoms with Gasteiger partial charge < -0.3 is 14.0 Å². The molecule has 5 nitrogen and oxygen atoms in total. The second-order valence-electron chi connectivity index (χ2n) is 6.37. The number of esters is 1. The summed E-state index contributed by atoms with van der Waals surface area (Å²) in [6, 6.07) is 7.16. The molecule has 0 aliphatic carbocycles. The van der Waals surface area contributed by atoms with Crippen molar-refractivity contribution in [3.05, 3.63) is 63.9 Å². The number of ether oxygens (including phenoxy) is 2. The topological polar surface area (TPSA) is 57.5 Å². The van der Waals surface area contributed by atoms with Gasteiger partial charge in [-0.05, 0) is 19.1 Å². The quantitative estimate of drug-likeness (QED) is 0.645. The van der Waals surface area contributed by atoms with Crippen molar-refractivity contribution in [2.75, 3.05) is 13.7 Å². The monoisotopic (exact) mass is 371 g/mol. The van der Waals surface area contributed by atoms with E-state index < -0.39 is 23.0 Å². The predicted molar refractivity (Wildman–Crippen MR) is 95.1 cm³/mol. The van der Waals surface area contributed by atoms with Crippen molar-refractivity contribution in [1.82, 2.24) is 4.57 Å². The summed E-state index contributed by atoms with van der Waals surface area (Å²) in [5.41, 5.74) is 0.471. The average molecular weight is 371 g/mol. The van der Waals surface area contributed by atoms with Gasteiger partial charge in [-0.1, -0.05) is 18.2 Å². The lowest BCUT2D eigenvalue weighted by Gasteiger charge is -2.27. The van der Waals surface area contributed by atoms with E-state index in [4.69, 9.17) is 9.47 Å². The SMILES string of the molecule is COC(=O)c1ccccc1-c1cn2c3c(c(F)c(F)cc3c1=O)OC[C@@H]2C. The van der Waals surface area contributed by atoms with Gasteiger partial charge >= 0.3 is 5.97 Å². The van der Waals surface area contributed by atoms with Crippen LogP contribution in [0, 0.1) is 11.6 Å². The highest BCUT2D eigenvalue weighted by Gasteiger charge is 2.28. The van der Waals surface area contributed by atoms with Crippen LogP contribution >= 0.6 is 0 Å². The Morgan fingerprint density at radius 1 is 1.26 bits per heavy atom. The van der Waals surface area contributed by atoms with Crippen LogP contribution in [0.2, 0.25) is 0 Å². The number of benzene rings is 2. The maximum Gasteiger partial charge on any atom is 0.338 e. The fraction of sp³-hybridized carbons (Fsp3) is 0.200. The largest absolute Gasteiger partial charge is 0.486 e. The minimum atomic E-state index is -1.16. The van der Waals surface area contributed by atoms with E-state index in [1.165, 1.54) is 7.11 Å². The first-order chi connectivity index (χ1) is 12.9. The van der Waals surface area contributed by atoms with Crippen LogP contribution in [0.25, 0.3) is 22.0 Å². The molecule has 2 heterocycles. The zero-order valence-electron chi connectivity index (χ0n) is 14.6. The Balaban J connectivity index is 2.12. The number of methoxy groups -OCH3 is 1. The Labute approximate surface area is 152 Å². The number of aromatic nitrogens is 1. The Hall–Kier alpha value is -3.22. The molecule has 0 spiro atoms. The van der Waals surface area contributed by atoms with Gasteiger partial charge in [-0.15, -0.1) is 0 Å². The molecule has 1 aliphatic heterocycles. The Morgan fingerprint density at radius 3 is 2.74 bits per heavy atom. The minimum absolute atomic E-state index is 0.00683. The summed E-state index contributed by atoms with van der Waals surface area (Å²) in [6.45, 7) is 1.97. The zero-order chi connectivity index (χ0) is 19.3. The molecule has 0 amide bonds.